The van der Waals surface area contributed by atoms with Gasteiger partial charge in [0.15, 0.2) is 5.58 Å². The maximum Gasteiger partial charge on any atom is 0.152 e. The zero-order valence-electron chi connectivity index (χ0n) is 16.6. The lowest BCUT2D eigenvalue weighted by Crippen LogP contribution is -2.55. The van der Waals surface area contributed by atoms with Crippen LogP contribution in [0.25, 0.3) is 11.1 Å². The van der Waals surface area contributed by atoms with Gasteiger partial charge >= 0.3 is 0 Å². The van der Waals surface area contributed by atoms with E-state index in [1.54, 1.807) is 6.20 Å². The number of nitrogens with zero attached hydrogens (tertiary/aromatic N) is 3. The van der Waals surface area contributed by atoms with Crippen molar-refractivity contribution in [3.8, 4) is 0 Å². The molecule has 4 heterocycles. The van der Waals surface area contributed by atoms with Crippen LogP contribution in [0.3, 0.4) is 0 Å². The number of nitrogens with two attached hydrogens (primary N) is 1. The lowest BCUT2D eigenvalue weighted by molar-refractivity contribution is 0.0785. The first-order valence-electron chi connectivity index (χ1n) is 10.3. The van der Waals surface area contributed by atoms with Crippen molar-refractivity contribution in [1.29, 1.82) is 0 Å². The Bertz CT molecular complexity index is 1000. The summed E-state index contributed by atoms with van der Waals surface area (Å²) in [7, 11) is 0. The minimum atomic E-state index is -0.462. The number of aliphatic hydroxyl groups excluding tert-OH is 1. The average Bonchev–Trinajstić information content (AvgIpc) is 3.49. The van der Waals surface area contributed by atoms with E-state index in [1.807, 2.05) is 37.6 Å². The Balaban J connectivity index is 1.35. The predicted molar refractivity (Wildman–Crippen MR) is 113 cm³/mol. The highest BCUT2D eigenvalue weighted by atomic mass is 16.3. The number of aliphatic hydroxyl groups is 1. The van der Waals surface area contributed by atoms with E-state index in [0.29, 0.717) is 19.0 Å². The number of pyridine rings is 2. The predicted octanol–water partition coefficient (Wildman–Crippen LogP) is 2.86. The molecule has 7 heteroatoms. The van der Waals surface area contributed by atoms with Gasteiger partial charge in [0.05, 0.1) is 42.2 Å². The first kappa shape index (κ1) is 18.4. The van der Waals surface area contributed by atoms with E-state index < -0.39 is 6.10 Å². The van der Waals surface area contributed by atoms with Crippen LogP contribution in [0.5, 0.6) is 0 Å². The molecule has 3 unspecified atom stereocenters. The third-order valence-corrected chi connectivity index (χ3v) is 6.08. The monoisotopic (exact) mass is 393 g/mol. The Morgan fingerprint density at radius 3 is 2.93 bits per heavy atom. The topological polar surface area (TPSA) is 100 Å². The Kier molecular flexibility index (Phi) is 4.64. The molecule has 1 saturated carbocycles. The summed E-state index contributed by atoms with van der Waals surface area (Å²) in [6.45, 7) is 4.01. The zero-order valence-corrected chi connectivity index (χ0v) is 16.6. The summed E-state index contributed by atoms with van der Waals surface area (Å²) in [4.78, 5) is 11.4. The SMILES string of the molecule is CC1CN(c2ccncc2NCc2ccc3occ(C4CC4)c3n2)CC(N)C1O. The van der Waals surface area contributed by atoms with Gasteiger partial charge in [-0.05, 0) is 37.0 Å². The Labute approximate surface area is 169 Å². The second kappa shape index (κ2) is 7.31. The van der Waals surface area contributed by atoms with Crippen LogP contribution in [0.1, 0.15) is 36.9 Å². The molecule has 0 amide bonds. The molecular weight excluding hydrogens is 366 g/mol. The largest absolute Gasteiger partial charge is 0.462 e. The van der Waals surface area contributed by atoms with Gasteiger partial charge in [-0.15, -0.1) is 0 Å². The molecule has 7 nitrogen and oxygen atoms in total. The van der Waals surface area contributed by atoms with Crippen LogP contribution in [0.15, 0.2) is 41.3 Å². The lowest BCUT2D eigenvalue weighted by atomic mass is 9.92. The number of furan rings is 1. The molecular formula is C22H27N5O2. The summed E-state index contributed by atoms with van der Waals surface area (Å²) in [6.07, 6.45) is 7.48. The maximum absolute atomic E-state index is 10.2. The summed E-state index contributed by atoms with van der Waals surface area (Å²) in [6, 6.07) is 5.74. The summed E-state index contributed by atoms with van der Waals surface area (Å²) in [5.74, 6) is 0.725. The van der Waals surface area contributed by atoms with Crippen molar-refractivity contribution >= 4 is 22.5 Å². The number of hydrogen-bond donors (Lipinski definition) is 3. The van der Waals surface area contributed by atoms with E-state index >= 15 is 0 Å². The number of fused-ring (bicyclic) bond motifs is 1. The van der Waals surface area contributed by atoms with Crippen LogP contribution in [0, 0.1) is 5.92 Å². The molecule has 1 aliphatic heterocycles. The standard InChI is InChI=1S/C22H27N5O2/c1-13-10-27(11-17(23)22(13)28)19-6-7-24-9-18(19)25-8-15-4-5-20-21(26-15)16(12-29-20)14-2-3-14/h4-7,9,12-14,17,22,25,28H,2-3,8,10-11,23H2,1H3. The molecule has 0 spiro atoms. The van der Waals surface area contributed by atoms with E-state index in [-0.39, 0.29) is 12.0 Å². The van der Waals surface area contributed by atoms with Crippen molar-refractivity contribution in [3.63, 3.8) is 0 Å². The third kappa shape index (κ3) is 3.56. The Hall–Kier alpha value is -2.64. The van der Waals surface area contributed by atoms with Crippen molar-refractivity contribution in [3.05, 3.63) is 48.1 Å². The molecule has 3 aromatic rings. The van der Waals surface area contributed by atoms with Gasteiger partial charge in [-0.25, -0.2) is 4.98 Å². The number of anilines is 2. The molecule has 1 aliphatic carbocycles. The van der Waals surface area contributed by atoms with Crippen LogP contribution in [0.4, 0.5) is 11.4 Å². The first-order valence-corrected chi connectivity index (χ1v) is 10.3. The highest BCUT2D eigenvalue weighted by Crippen LogP contribution is 2.43. The van der Waals surface area contributed by atoms with E-state index in [4.69, 9.17) is 15.1 Å². The van der Waals surface area contributed by atoms with Gasteiger partial charge in [0, 0.05) is 36.8 Å². The molecule has 2 fully saturated rings. The summed E-state index contributed by atoms with van der Waals surface area (Å²) in [5, 5.41) is 13.7. The van der Waals surface area contributed by atoms with Crippen LogP contribution < -0.4 is 16.0 Å². The summed E-state index contributed by atoms with van der Waals surface area (Å²) < 4.78 is 5.66. The van der Waals surface area contributed by atoms with Gasteiger partial charge in [-0.3, -0.25) is 4.98 Å². The zero-order chi connectivity index (χ0) is 20.0. The fraction of sp³-hybridized carbons (Fsp3) is 0.455. The highest BCUT2D eigenvalue weighted by molar-refractivity contribution is 5.78. The molecule has 29 heavy (non-hydrogen) atoms. The van der Waals surface area contributed by atoms with Crippen LogP contribution in [0.2, 0.25) is 0 Å². The fourth-order valence-electron chi connectivity index (χ4n) is 4.25. The van der Waals surface area contributed by atoms with Gasteiger partial charge in [0.25, 0.3) is 0 Å². The molecule has 0 bridgehead atoms. The molecule has 4 N–H and O–H groups in total. The van der Waals surface area contributed by atoms with Crippen molar-refractivity contribution in [2.75, 3.05) is 23.3 Å². The summed E-state index contributed by atoms with van der Waals surface area (Å²) in [5.41, 5.74) is 12.2. The first-order chi connectivity index (χ1) is 14.1. The lowest BCUT2D eigenvalue weighted by Gasteiger charge is -2.40. The van der Waals surface area contributed by atoms with E-state index in [0.717, 1.165) is 34.7 Å². The second-order valence-corrected chi connectivity index (χ2v) is 8.40. The normalized spacial score (nSPS) is 24.8. The molecule has 3 atom stereocenters. The highest BCUT2D eigenvalue weighted by Gasteiger charge is 2.32. The van der Waals surface area contributed by atoms with Crippen molar-refractivity contribution in [2.24, 2.45) is 11.7 Å². The van der Waals surface area contributed by atoms with Gasteiger partial charge in [-0.1, -0.05) is 6.92 Å². The van der Waals surface area contributed by atoms with Gasteiger partial charge in [-0.2, -0.15) is 0 Å². The molecule has 0 aromatic carbocycles. The number of rotatable bonds is 5. The van der Waals surface area contributed by atoms with Crippen LogP contribution in [-0.2, 0) is 6.54 Å². The quantitative estimate of drug-likeness (QED) is 0.613. The van der Waals surface area contributed by atoms with Gasteiger partial charge < -0.3 is 25.5 Å². The maximum atomic E-state index is 10.2. The Morgan fingerprint density at radius 1 is 1.28 bits per heavy atom. The van der Waals surface area contributed by atoms with Gasteiger partial charge in [0.1, 0.15) is 5.52 Å². The van der Waals surface area contributed by atoms with Crippen molar-refractivity contribution < 1.29 is 9.52 Å². The molecule has 1 saturated heterocycles. The molecule has 152 valence electrons. The number of aromatic nitrogens is 2. The van der Waals surface area contributed by atoms with Crippen LogP contribution in [-0.4, -0.2) is 40.3 Å². The van der Waals surface area contributed by atoms with Crippen LogP contribution >= 0.6 is 0 Å². The molecule has 5 rings (SSSR count). The fourth-order valence-corrected chi connectivity index (χ4v) is 4.25. The number of hydrogen-bond acceptors (Lipinski definition) is 7. The minimum Gasteiger partial charge on any atom is -0.462 e. The van der Waals surface area contributed by atoms with E-state index in [1.165, 1.54) is 18.4 Å². The van der Waals surface area contributed by atoms with Crippen molar-refractivity contribution in [2.45, 2.75) is 44.4 Å². The molecule has 2 aliphatic rings. The minimum absolute atomic E-state index is 0.116. The number of piperidine rings is 1. The molecule has 3 aromatic heterocycles. The summed E-state index contributed by atoms with van der Waals surface area (Å²) >= 11 is 0. The third-order valence-electron chi connectivity index (χ3n) is 6.08. The van der Waals surface area contributed by atoms with Crippen molar-refractivity contribution in [1.82, 2.24) is 9.97 Å². The molecule has 0 radical (unpaired) electrons. The average molecular weight is 393 g/mol. The van der Waals surface area contributed by atoms with E-state index in [9.17, 15) is 5.11 Å². The smallest absolute Gasteiger partial charge is 0.152 e. The van der Waals surface area contributed by atoms with E-state index in [2.05, 4.69) is 15.2 Å². The van der Waals surface area contributed by atoms with Gasteiger partial charge in [0.2, 0.25) is 0 Å². The Morgan fingerprint density at radius 2 is 2.14 bits per heavy atom. The number of nitrogens with one attached hydrogen (secondary N) is 1. The second-order valence-electron chi connectivity index (χ2n) is 8.40.